The molecule has 0 radical (unpaired) electrons. The summed E-state index contributed by atoms with van der Waals surface area (Å²) < 4.78 is 11.8. The van der Waals surface area contributed by atoms with E-state index in [1.807, 2.05) is 0 Å². The summed E-state index contributed by atoms with van der Waals surface area (Å²) in [5.74, 6) is 0.895. The smallest absolute Gasteiger partial charge is 0.0878 e. The Morgan fingerprint density at radius 1 is 1.21 bits per heavy atom. The van der Waals surface area contributed by atoms with Crippen molar-refractivity contribution in [3.63, 3.8) is 0 Å². The first-order valence-electron chi connectivity index (χ1n) is 8.19. The highest BCUT2D eigenvalue weighted by Gasteiger charge is 2.41. The molecule has 112 valence electrons. The highest BCUT2D eigenvalue weighted by atomic mass is 16.5. The Kier molecular flexibility index (Phi) is 6.11. The zero-order valence-electron chi connectivity index (χ0n) is 12.7. The van der Waals surface area contributed by atoms with Crippen molar-refractivity contribution in [2.24, 2.45) is 5.92 Å². The van der Waals surface area contributed by atoms with Crippen LogP contribution in [0.2, 0.25) is 0 Å². The van der Waals surface area contributed by atoms with Crippen LogP contribution in [-0.4, -0.2) is 38.5 Å². The second-order valence-electron chi connectivity index (χ2n) is 6.19. The van der Waals surface area contributed by atoms with Gasteiger partial charge in [-0.2, -0.15) is 0 Å². The average molecular weight is 269 g/mol. The van der Waals surface area contributed by atoms with Gasteiger partial charge in [-0.1, -0.05) is 32.1 Å². The SMILES string of the molecule is CCOC1(C(CC2CCCCC2)NC)CCOCC1. The molecule has 1 atom stereocenters. The lowest BCUT2D eigenvalue weighted by molar-refractivity contribution is -0.129. The maximum atomic E-state index is 6.22. The highest BCUT2D eigenvalue weighted by molar-refractivity contribution is 4.95. The fraction of sp³-hybridized carbons (Fsp3) is 1.00. The summed E-state index contributed by atoms with van der Waals surface area (Å²) >= 11 is 0. The predicted octanol–water partition coefficient (Wildman–Crippen LogP) is 3.13. The number of rotatable bonds is 6. The van der Waals surface area contributed by atoms with Crippen molar-refractivity contribution in [2.75, 3.05) is 26.9 Å². The fourth-order valence-corrected chi connectivity index (χ4v) is 3.95. The van der Waals surface area contributed by atoms with Crippen molar-refractivity contribution in [2.45, 2.75) is 69.9 Å². The first-order chi connectivity index (χ1) is 9.30. The van der Waals surface area contributed by atoms with E-state index in [4.69, 9.17) is 9.47 Å². The maximum absolute atomic E-state index is 6.22. The molecule has 1 aliphatic carbocycles. The van der Waals surface area contributed by atoms with Gasteiger partial charge in [-0.15, -0.1) is 0 Å². The van der Waals surface area contributed by atoms with E-state index in [-0.39, 0.29) is 5.60 Å². The molecule has 1 saturated heterocycles. The third kappa shape index (κ3) is 3.93. The summed E-state index contributed by atoms with van der Waals surface area (Å²) in [6.07, 6.45) is 10.5. The van der Waals surface area contributed by atoms with Gasteiger partial charge in [0.25, 0.3) is 0 Å². The van der Waals surface area contributed by atoms with Crippen LogP contribution in [0.3, 0.4) is 0 Å². The van der Waals surface area contributed by atoms with Crippen molar-refractivity contribution < 1.29 is 9.47 Å². The van der Waals surface area contributed by atoms with Gasteiger partial charge < -0.3 is 14.8 Å². The fourth-order valence-electron chi connectivity index (χ4n) is 3.95. The van der Waals surface area contributed by atoms with Gasteiger partial charge in [0.2, 0.25) is 0 Å². The Hall–Kier alpha value is -0.120. The van der Waals surface area contributed by atoms with E-state index in [2.05, 4.69) is 19.3 Å². The summed E-state index contributed by atoms with van der Waals surface area (Å²) in [7, 11) is 2.10. The van der Waals surface area contributed by atoms with E-state index in [0.717, 1.165) is 38.6 Å². The molecule has 1 unspecified atom stereocenters. The number of likely N-dealkylation sites (N-methyl/N-ethyl adjacent to an activating group) is 1. The summed E-state index contributed by atoms with van der Waals surface area (Å²) in [6, 6.07) is 0.486. The van der Waals surface area contributed by atoms with Gasteiger partial charge in [-0.05, 0) is 26.3 Å². The molecule has 3 nitrogen and oxygen atoms in total. The lowest BCUT2D eigenvalue weighted by Crippen LogP contribution is -2.55. The van der Waals surface area contributed by atoms with Crippen molar-refractivity contribution in [1.82, 2.24) is 5.32 Å². The minimum atomic E-state index is 0.0131. The van der Waals surface area contributed by atoms with Gasteiger partial charge in [-0.3, -0.25) is 0 Å². The quantitative estimate of drug-likeness (QED) is 0.803. The van der Waals surface area contributed by atoms with Gasteiger partial charge >= 0.3 is 0 Å². The third-order valence-electron chi connectivity index (χ3n) is 5.05. The number of ether oxygens (including phenoxy) is 2. The minimum Gasteiger partial charge on any atom is -0.381 e. The molecular weight excluding hydrogens is 238 g/mol. The molecule has 1 N–H and O–H groups in total. The predicted molar refractivity (Wildman–Crippen MR) is 78.4 cm³/mol. The van der Waals surface area contributed by atoms with Crippen LogP contribution >= 0.6 is 0 Å². The molecule has 3 heteroatoms. The molecule has 0 aromatic heterocycles. The molecule has 0 spiro atoms. The molecule has 0 aromatic rings. The first-order valence-corrected chi connectivity index (χ1v) is 8.19. The van der Waals surface area contributed by atoms with Crippen LogP contribution in [0.15, 0.2) is 0 Å². The Bertz CT molecular complexity index is 240. The average Bonchev–Trinajstić information content (AvgIpc) is 2.47. The van der Waals surface area contributed by atoms with Gasteiger partial charge in [0, 0.05) is 38.7 Å². The van der Waals surface area contributed by atoms with Crippen LogP contribution in [0.25, 0.3) is 0 Å². The van der Waals surface area contributed by atoms with E-state index in [0.29, 0.717) is 6.04 Å². The Labute approximate surface area is 118 Å². The van der Waals surface area contributed by atoms with E-state index in [9.17, 15) is 0 Å². The molecule has 1 saturated carbocycles. The summed E-state index contributed by atoms with van der Waals surface area (Å²) in [5, 5.41) is 3.56. The highest BCUT2D eigenvalue weighted by Crippen LogP contribution is 2.35. The van der Waals surface area contributed by atoms with Gasteiger partial charge in [0.15, 0.2) is 0 Å². The monoisotopic (exact) mass is 269 g/mol. The summed E-state index contributed by atoms with van der Waals surface area (Å²) in [4.78, 5) is 0. The van der Waals surface area contributed by atoms with Crippen LogP contribution in [0, 0.1) is 5.92 Å². The molecule has 1 heterocycles. The zero-order chi connectivity index (χ0) is 13.6. The molecule has 2 fully saturated rings. The molecule has 0 amide bonds. The second kappa shape index (κ2) is 7.61. The Morgan fingerprint density at radius 3 is 2.47 bits per heavy atom. The maximum Gasteiger partial charge on any atom is 0.0878 e. The third-order valence-corrected chi connectivity index (χ3v) is 5.05. The normalized spacial score (nSPS) is 26.2. The van der Waals surface area contributed by atoms with Gasteiger partial charge in [0.1, 0.15) is 0 Å². The van der Waals surface area contributed by atoms with Crippen molar-refractivity contribution in [3.8, 4) is 0 Å². The molecule has 2 aliphatic rings. The van der Waals surface area contributed by atoms with Crippen LogP contribution in [0.5, 0.6) is 0 Å². The minimum absolute atomic E-state index is 0.0131. The molecule has 1 aliphatic heterocycles. The number of hydrogen-bond donors (Lipinski definition) is 1. The topological polar surface area (TPSA) is 30.5 Å². The summed E-state index contributed by atoms with van der Waals surface area (Å²) in [5.41, 5.74) is 0.0131. The lowest BCUT2D eigenvalue weighted by atomic mass is 9.77. The molecule has 0 aromatic carbocycles. The Morgan fingerprint density at radius 2 is 1.89 bits per heavy atom. The van der Waals surface area contributed by atoms with Crippen LogP contribution in [0.1, 0.15) is 58.3 Å². The van der Waals surface area contributed by atoms with Crippen LogP contribution < -0.4 is 5.32 Å². The largest absolute Gasteiger partial charge is 0.381 e. The van der Waals surface area contributed by atoms with Crippen molar-refractivity contribution in [1.29, 1.82) is 0 Å². The molecular formula is C16H31NO2. The van der Waals surface area contributed by atoms with Crippen molar-refractivity contribution >= 4 is 0 Å². The molecule has 0 bridgehead atoms. The van der Waals surface area contributed by atoms with E-state index in [1.165, 1.54) is 38.5 Å². The van der Waals surface area contributed by atoms with Crippen LogP contribution in [-0.2, 0) is 9.47 Å². The number of nitrogens with one attached hydrogen (secondary N) is 1. The standard InChI is InChI=1S/C16H31NO2/c1-3-19-16(9-11-18-12-10-16)15(17-2)13-14-7-5-4-6-8-14/h14-15,17H,3-13H2,1-2H3. The summed E-state index contributed by atoms with van der Waals surface area (Å²) in [6.45, 7) is 4.62. The van der Waals surface area contributed by atoms with E-state index < -0.39 is 0 Å². The van der Waals surface area contributed by atoms with E-state index in [1.54, 1.807) is 0 Å². The molecule has 2 rings (SSSR count). The second-order valence-corrected chi connectivity index (χ2v) is 6.19. The Balaban J connectivity index is 1.98. The molecule has 19 heavy (non-hydrogen) atoms. The van der Waals surface area contributed by atoms with Crippen LogP contribution in [0.4, 0.5) is 0 Å². The van der Waals surface area contributed by atoms with Gasteiger partial charge in [-0.25, -0.2) is 0 Å². The number of hydrogen-bond acceptors (Lipinski definition) is 3. The zero-order valence-corrected chi connectivity index (χ0v) is 12.7. The van der Waals surface area contributed by atoms with Gasteiger partial charge in [0.05, 0.1) is 5.60 Å². The van der Waals surface area contributed by atoms with E-state index >= 15 is 0 Å². The lowest BCUT2D eigenvalue weighted by Gasteiger charge is -2.44. The first kappa shape index (κ1) is 15.3. The van der Waals surface area contributed by atoms with Crippen molar-refractivity contribution in [3.05, 3.63) is 0 Å².